The first-order chi connectivity index (χ1) is 16.1. The summed E-state index contributed by atoms with van der Waals surface area (Å²) in [6.07, 6.45) is 2.17. The van der Waals surface area contributed by atoms with Gasteiger partial charge in [-0.25, -0.2) is 9.55 Å². The summed E-state index contributed by atoms with van der Waals surface area (Å²) >= 11 is 0. The van der Waals surface area contributed by atoms with Crippen molar-refractivity contribution in [1.29, 1.82) is 0 Å². The van der Waals surface area contributed by atoms with E-state index in [0.717, 1.165) is 33.1 Å². The largest absolute Gasteiger partial charge is 0.434 e. The van der Waals surface area contributed by atoms with Crippen molar-refractivity contribution in [2.75, 3.05) is 4.81 Å². The van der Waals surface area contributed by atoms with Gasteiger partial charge < -0.3 is 4.42 Å². The molecule has 0 spiro atoms. The summed E-state index contributed by atoms with van der Waals surface area (Å²) in [6.45, 7) is 6.05. The molecule has 0 bridgehead atoms. The van der Waals surface area contributed by atoms with Crippen LogP contribution >= 0.6 is 0 Å². The van der Waals surface area contributed by atoms with Gasteiger partial charge in [0.15, 0.2) is 5.42 Å². The first-order valence-corrected chi connectivity index (χ1v) is 10.5. The topological polar surface area (TPSA) is 33.2 Å². The maximum absolute atomic E-state index is 7.75. The van der Waals surface area contributed by atoms with Crippen molar-refractivity contribution in [1.82, 2.24) is 4.98 Å². The minimum absolute atomic E-state index is 0.0599. The van der Waals surface area contributed by atoms with Crippen molar-refractivity contribution in [2.24, 2.45) is 7.05 Å². The zero-order valence-corrected chi connectivity index (χ0v) is 18.5. The molecule has 0 fully saturated rings. The van der Waals surface area contributed by atoms with Crippen LogP contribution < -0.4 is 20.0 Å². The number of rotatable bonds is 2. The third-order valence-corrected chi connectivity index (χ3v) is 6.19. The molecule has 5 heteroatoms. The molecule has 0 aliphatic carbocycles. The van der Waals surface area contributed by atoms with Crippen LogP contribution in [0.3, 0.4) is 0 Å². The molecule has 0 amide bonds. The van der Waals surface area contributed by atoms with Crippen LogP contribution in [0.5, 0.6) is 0 Å². The average Bonchev–Trinajstić information content (AvgIpc) is 3.15. The lowest BCUT2D eigenvalue weighted by Crippen LogP contribution is -2.50. The van der Waals surface area contributed by atoms with Gasteiger partial charge in [-0.2, -0.15) is 0 Å². The van der Waals surface area contributed by atoms with E-state index in [0.29, 0.717) is 5.71 Å². The second-order valence-electron chi connectivity index (χ2n) is 8.42. The van der Waals surface area contributed by atoms with Crippen LogP contribution in [-0.4, -0.2) is 11.8 Å². The van der Waals surface area contributed by atoms with Gasteiger partial charge in [0.25, 0.3) is 5.82 Å². The third-order valence-electron chi connectivity index (χ3n) is 6.19. The Morgan fingerprint density at radius 1 is 1.10 bits per heavy atom. The second-order valence-corrected chi connectivity index (χ2v) is 8.42. The van der Waals surface area contributed by atoms with Crippen LogP contribution in [-0.2, 0) is 7.05 Å². The number of aryl methyl sites for hydroxylation is 4. The fourth-order valence-electron chi connectivity index (χ4n) is 4.74. The predicted molar refractivity (Wildman–Crippen MR) is 128 cm³/mol. The molecule has 0 saturated heterocycles. The second kappa shape index (κ2) is 7.12. The van der Waals surface area contributed by atoms with Gasteiger partial charge >= 0.3 is 6.85 Å². The van der Waals surface area contributed by atoms with Gasteiger partial charge in [-0.15, -0.1) is 0 Å². The van der Waals surface area contributed by atoms with Crippen molar-refractivity contribution < 1.29 is 13.1 Å². The number of nitrogens with zero attached hydrogens (tertiary/aromatic N) is 3. The summed E-state index contributed by atoms with van der Waals surface area (Å²) in [5.41, 5.74) is 6.57. The number of furan rings is 1. The molecule has 1 aliphatic rings. The SMILES string of the molecule is [2H]C([2H])([2H])c1cc(C)c2c3c(oc2n1)=C(C)N(c1cc(C)c(-c2ccccc2)c[n+]1C)B(C)C=3. The van der Waals surface area contributed by atoms with Gasteiger partial charge in [-0.05, 0) is 57.2 Å². The summed E-state index contributed by atoms with van der Waals surface area (Å²) in [7, 11) is 2.06. The number of hydrogen-bond acceptors (Lipinski definition) is 3. The van der Waals surface area contributed by atoms with E-state index in [4.69, 9.17) is 8.53 Å². The van der Waals surface area contributed by atoms with E-state index >= 15 is 0 Å². The lowest BCUT2D eigenvalue weighted by Gasteiger charge is -2.24. The lowest BCUT2D eigenvalue weighted by molar-refractivity contribution is -0.657. The van der Waals surface area contributed by atoms with Crippen LogP contribution in [0.2, 0.25) is 6.82 Å². The van der Waals surface area contributed by atoms with Gasteiger partial charge in [0.2, 0.25) is 5.71 Å². The molecule has 4 nitrogen and oxygen atoms in total. The van der Waals surface area contributed by atoms with E-state index in [1.807, 2.05) is 19.9 Å². The summed E-state index contributed by atoms with van der Waals surface area (Å²) in [4.78, 5) is 6.62. The monoisotopic (exact) mass is 411 g/mol. The molecule has 31 heavy (non-hydrogen) atoms. The van der Waals surface area contributed by atoms with Crippen LogP contribution in [0.25, 0.3) is 33.9 Å². The summed E-state index contributed by atoms with van der Waals surface area (Å²) < 4.78 is 31.6. The molecule has 0 radical (unpaired) electrons. The average molecular weight is 411 g/mol. The maximum atomic E-state index is 7.75. The zero-order chi connectivity index (χ0) is 24.4. The van der Waals surface area contributed by atoms with E-state index in [-0.39, 0.29) is 12.5 Å². The van der Waals surface area contributed by atoms with Crippen molar-refractivity contribution in [3.63, 3.8) is 0 Å². The first kappa shape index (κ1) is 16.4. The number of fused-ring (bicyclic) bond motifs is 3. The molecule has 4 heterocycles. The van der Waals surface area contributed by atoms with Gasteiger partial charge in [-0.3, -0.25) is 4.81 Å². The molecular formula is C26H27BN3O+. The van der Waals surface area contributed by atoms with Crippen LogP contribution in [0.1, 0.15) is 27.9 Å². The van der Waals surface area contributed by atoms with Crippen LogP contribution in [0.15, 0.2) is 53.1 Å². The molecule has 4 aromatic rings. The highest BCUT2D eigenvalue weighted by molar-refractivity contribution is 6.77. The molecule has 1 aliphatic heterocycles. The van der Waals surface area contributed by atoms with Crippen molar-refractivity contribution in [3.8, 4) is 11.1 Å². The van der Waals surface area contributed by atoms with Gasteiger partial charge in [-0.1, -0.05) is 36.3 Å². The smallest absolute Gasteiger partial charge is 0.402 e. The lowest BCUT2D eigenvalue weighted by atomic mass is 9.60. The van der Waals surface area contributed by atoms with E-state index < -0.39 is 6.85 Å². The Morgan fingerprint density at radius 3 is 2.61 bits per heavy atom. The highest BCUT2D eigenvalue weighted by Crippen LogP contribution is 2.27. The Balaban J connectivity index is 1.70. The Kier molecular flexibility index (Phi) is 3.76. The predicted octanol–water partition coefficient (Wildman–Crippen LogP) is 3.83. The van der Waals surface area contributed by atoms with Gasteiger partial charge in [0.05, 0.1) is 18.6 Å². The summed E-state index contributed by atoms with van der Waals surface area (Å²) in [5.74, 6) is 3.23. The highest BCUT2D eigenvalue weighted by atomic mass is 16.3. The van der Waals surface area contributed by atoms with E-state index in [2.05, 4.69) is 77.7 Å². The molecule has 1 aromatic carbocycles. The Hall–Kier alpha value is -3.34. The normalized spacial score (nSPS) is 15.4. The number of aromatic nitrogens is 2. The van der Waals surface area contributed by atoms with E-state index in [9.17, 15) is 0 Å². The molecular weight excluding hydrogens is 381 g/mol. The van der Waals surface area contributed by atoms with Crippen molar-refractivity contribution in [2.45, 2.75) is 34.4 Å². The Bertz CT molecular complexity index is 1560. The first-order valence-electron chi connectivity index (χ1n) is 12.0. The zero-order valence-electron chi connectivity index (χ0n) is 21.5. The molecule has 3 aromatic heterocycles. The fourth-order valence-corrected chi connectivity index (χ4v) is 4.74. The Labute approximate surface area is 187 Å². The number of benzene rings is 1. The highest BCUT2D eigenvalue weighted by Gasteiger charge is 2.34. The molecule has 0 N–H and O–H groups in total. The molecule has 154 valence electrons. The standard InChI is InChI=1S/C26H27BN3O/c1-16-13-23(29(6)15-22(16)20-10-8-7-9-11-20)30-19(4)25-21(14-27(30)5)24-17(2)12-18(3)28-26(24)31-25/h7-15H,1-6H3/q+1/i3D3. The van der Waals surface area contributed by atoms with Crippen molar-refractivity contribution in [3.05, 3.63) is 76.1 Å². The number of hydrogen-bond donors (Lipinski definition) is 0. The van der Waals surface area contributed by atoms with Gasteiger partial charge in [0.1, 0.15) is 5.70 Å². The van der Waals surface area contributed by atoms with Gasteiger partial charge in [0, 0.05) is 26.7 Å². The molecule has 0 atom stereocenters. The number of anilines is 1. The van der Waals surface area contributed by atoms with E-state index in [1.54, 1.807) is 6.07 Å². The Morgan fingerprint density at radius 2 is 1.87 bits per heavy atom. The summed E-state index contributed by atoms with van der Waals surface area (Å²) in [6, 6.07) is 14.2. The summed E-state index contributed by atoms with van der Waals surface area (Å²) in [5, 5.41) is 1.87. The van der Waals surface area contributed by atoms with Crippen LogP contribution in [0, 0.1) is 20.7 Å². The maximum Gasteiger partial charge on any atom is 0.402 e. The fraction of sp³-hybridized carbons (Fsp3) is 0.231. The quantitative estimate of drug-likeness (QED) is 0.371. The van der Waals surface area contributed by atoms with Crippen LogP contribution in [0.4, 0.5) is 5.82 Å². The van der Waals surface area contributed by atoms with Crippen molar-refractivity contribution >= 4 is 35.4 Å². The minimum atomic E-state index is -2.28. The number of pyridine rings is 2. The minimum Gasteiger partial charge on any atom is -0.434 e. The molecule has 5 rings (SSSR count). The van der Waals surface area contributed by atoms with E-state index in [1.165, 1.54) is 16.7 Å². The molecule has 0 unspecified atom stereocenters. The third kappa shape index (κ3) is 3.07. The molecule has 0 saturated carbocycles.